The summed E-state index contributed by atoms with van der Waals surface area (Å²) < 4.78 is 0. The van der Waals surface area contributed by atoms with Crippen molar-refractivity contribution in [2.45, 2.75) is 51.9 Å². The Labute approximate surface area is 104 Å². The average Bonchev–Trinajstić information content (AvgIpc) is 2.71. The first-order chi connectivity index (χ1) is 7.60. The summed E-state index contributed by atoms with van der Waals surface area (Å²) in [6.45, 7) is 3.00. The van der Waals surface area contributed by atoms with Gasteiger partial charge in [-0.1, -0.05) is 26.2 Å². The second-order valence-corrected chi connectivity index (χ2v) is 5.62. The molecule has 3 heteroatoms. The average molecular weight is 246 g/mol. The van der Waals surface area contributed by atoms with Gasteiger partial charge in [-0.05, 0) is 25.7 Å². The molecule has 0 aromatic carbocycles. The van der Waals surface area contributed by atoms with Gasteiger partial charge in [0.05, 0.1) is 0 Å². The number of amides is 1. The monoisotopic (exact) mass is 245 g/mol. The maximum absolute atomic E-state index is 12.2. The summed E-state index contributed by atoms with van der Waals surface area (Å²) in [6, 6.07) is 0. The lowest BCUT2D eigenvalue weighted by atomic mass is 9.87. The Balaban J connectivity index is 2.30. The van der Waals surface area contributed by atoms with E-state index in [1.807, 2.05) is 11.9 Å². The van der Waals surface area contributed by atoms with E-state index in [0.29, 0.717) is 5.91 Å². The van der Waals surface area contributed by atoms with Gasteiger partial charge < -0.3 is 4.90 Å². The third kappa shape index (κ3) is 3.65. The minimum Gasteiger partial charge on any atom is -0.345 e. The van der Waals surface area contributed by atoms with Crippen molar-refractivity contribution in [2.75, 3.05) is 19.5 Å². The number of rotatable bonds is 6. The fraction of sp³-hybridized carbons (Fsp3) is 0.923. The zero-order chi connectivity index (χ0) is 12.0. The zero-order valence-electron chi connectivity index (χ0n) is 10.6. The van der Waals surface area contributed by atoms with Gasteiger partial charge in [-0.3, -0.25) is 4.79 Å². The SMILES string of the molecule is CN(CCCCCCl)C(=O)C1(C)CCCC1. The van der Waals surface area contributed by atoms with E-state index in [2.05, 4.69) is 6.92 Å². The second kappa shape index (κ2) is 6.48. The van der Waals surface area contributed by atoms with Crippen LogP contribution in [0, 0.1) is 5.41 Å². The molecule has 0 heterocycles. The number of unbranched alkanes of at least 4 members (excludes halogenated alkanes) is 2. The first-order valence-electron chi connectivity index (χ1n) is 6.42. The minimum atomic E-state index is -0.0682. The van der Waals surface area contributed by atoms with Gasteiger partial charge in [-0.15, -0.1) is 11.6 Å². The topological polar surface area (TPSA) is 20.3 Å². The molecule has 0 radical (unpaired) electrons. The molecule has 0 saturated heterocycles. The van der Waals surface area contributed by atoms with Crippen molar-refractivity contribution in [1.29, 1.82) is 0 Å². The molecule has 1 saturated carbocycles. The molecule has 2 nitrogen and oxygen atoms in total. The number of halogens is 1. The number of hydrogen-bond acceptors (Lipinski definition) is 1. The Morgan fingerprint density at radius 3 is 2.44 bits per heavy atom. The van der Waals surface area contributed by atoms with Crippen LogP contribution in [0.15, 0.2) is 0 Å². The smallest absolute Gasteiger partial charge is 0.228 e. The van der Waals surface area contributed by atoms with Crippen LogP contribution in [-0.2, 0) is 4.79 Å². The quantitative estimate of drug-likeness (QED) is 0.519. The van der Waals surface area contributed by atoms with Crippen molar-refractivity contribution in [3.63, 3.8) is 0 Å². The lowest BCUT2D eigenvalue weighted by Gasteiger charge is -2.28. The predicted octanol–water partition coefficient (Wildman–Crippen LogP) is 3.43. The van der Waals surface area contributed by atoms with Crippen molar-refractivity contribution in [3.05, 3.63) is 0 Å². The molecule has 1 fully saturated rings. The lowest BCUT2D eigenvalue weighted by molar-refractivity contribution is -0.139. The molecule has 1 amide bonds. The molecule has 0 bridgehead atoms. The van der Waals surface area contributed by atoms with E-state index in [1.165, 1.54) is 12.8 Å². The Kier molecular flexibility index (Phi) is 5.60. The van der Waals surface area contributed by atoms with Gasteiger partial charge in [-0.2, -0.15) is 0 Å². The molecular formula is C13H24ClNO. The lowest BCUT2D eigenvalue weighted by Crippen LogP contribution is -2.39. The highest BCUT2D eigenvalue weighted by atomic mass is 35.5. The first-order valence-corrected chi connectivity index (χ1v) is 6.95. The molecule has 0 N–H and O–H groups in total. The molecule has 0 aromatic heterocycles. The second-order valence-electron chi connectivity index (χ2n) is 5.24. The molecule has 1 aliphatic rings. The molecule has 94 valence electrons. The van der Waals surface area contributed by atoms with E-state index in [1.54, 1.807) is 0 Å². The van der Waals surface area contributed by atoms with E-state index < -0.39 is 0 Å². The van der Waals surface area contributed by atoms with Crippen LogP contribution in [-0.4, -0.2) is 30.3 Å². The Bertz CT molecular complexity index is 224. The van der Waals surface area contributed by atoms with Gasteiger partial charge in [0, 0.05) is 24.9 Å². The summed E-state index contributed by atoms with van der Waals surface area (Å²) in [7, 11) is 1.94. The fourth-order valence-corrected chi connectivity index (χ4v) is 2.74. The van der Waals surface area contributed by atoms with E-state index in [4.69, 9.17) is 11.6 Å². The molecule has 0 aliphatic heterocycles. The Morgan fingerprint density at radius 1 is 1.25 bits per heavy atom. The molecule has 1 rings (SSSR count). The van der Waals surface area contributed by atoms with Crippen LogP contribution in [0.25, 0.3) is 0 Å². The van der Waals surface area contributed by atoms with E-state index in [0.717, 1.165) is 44.5 Å². The summed E-state index contributed by atoms with van der Waals surface area (Å²) in [5.41, 5.74) is -0.0682. The van der Waals surface area contributed by atoms with E-state index >= 15 is 0 Å². The number of hydrogen-bond donors (Lipinski definition) is 0. The van der Waals surface area contributed by atoms with Gasteiger partial charge in [0.1, 0.15) is 0 Å². The molecule has 0 unspecified atom stereocenters. The normalized spacial score (nSPS) is 18.7. The van der Waals surface area contributed by atoms with Crippen LogP contribution >= 0.6 is 11.6 Å². The highest BCUT2D eigenvalue weighted by Gasteiger charge is 2.37. The van der Waals surface area contributed by atoms with Gasteiger partial charge in [0.2, 0.25) is 5.91 Å². The van der Waals surface area contributed by atoms with Gasteiger partial charge >= 0.3 is 0 Å². The molecule has 1 aliphatic carbocycles. The third-order valence-corrected chi connectivity index (χ3v) is 3.96. The van der Waals surface area contributed by atoms with Crippen molar-refractivity contribution in [2.24, 2.45) is 5.41 Å². The van der Waals surface area contributed by atoms with Crippen molar-refractivity contribution < 1.29 is 4.79 Å². The van der Waals surface area contributed by atoms with Gasteiger partial charge in [0.25, 0.3) is 0 Å². The Hall–Kier alpha value is -0.240. The van der Waals surface area contributed by atoms with Gasteiger partial charge in [-0.25, -0.2) is 0 Å². The summed E-state index contributed by atoms with van der Waals surface area (Å²) in [6.07, 6.45) is 7.81. The molecule has 0 atom stereocenters. The largest absolute Gasteiger partial charge is 0.345 e. The van der Waals surface area contributed by atoms with Crippen LogP contribution in [0.2, 0.25) is 0 Å². The van der Waals surface area contributed by atoms with Gasteiger partial charge in [0.15, 0.2) is 0 Å². The molecular weight excluding hydrogens is 222 g/mol. The molecule has 0 spiro atoms. The fourth-order valence-electron chi connectivity index (χ4n) is 2.55. The van der Waals surface area contributed by atoms with Crippen LogP contribution in [0.3, 0.4) is 0 Å². The standard InChI is InChI=1S/C13H24ClNO/c1-13(8-4-5-9-13)12(16)15(2)11-7-3-6-10-14/h3-11H2,1-2H3. The molecule has 0 aromatic rings. The maximum Gasteiger partial charge on any atom is 0.228 e. The number of nitrogens with zero attached hydrogens (tertiary/aromatic N) is 1. The van der Waals surface area contributed by atoms with Crippen LogP contribution in [0.5, 0.6) is 0 Å². The Morgan fingerprint density at radius 2 is 1.88 bits per heavy atom. The van der Waals surface area contributed by atoms with E-state index in [9.17, 15) is 4.79 Å². The van der Waals surface area contributed by atoms with Crippen LogP contribution < -0.4 is 0 Å². The van der Waals surface area contributed by atoms with E-state index in [-0.39, 0.29) is 5.41 Å². The van der Waals surface area contributed by atoms with Crippen LogP contribution in [0.4, 0.5) is 0 Å². The van der Waals surface area contributed by atoms with Crippen molar-refractivity contribution in [3.8, 4) is 0 Å². The highest BCUT2D eigenvalue weighted by molar-refractivity contribution is 6.17. The first kappa shape index (κ1) is 13.8. The summed E-state index contributed by atoms with van der Waals surface area (Å²) in [5, 5.41) is 0. The van der Waals surface area contributed by atoms with Crippen molar-refractivity contribution >= 4 is 17.5 Å². The predicted molar refractivity (Wildman–Crippen MR) is 68.8 cm³/mol. The zero-order valence-corrected chi connectivity index (χ0v) is 11.4. The number of carbonyl (C=O) groups excluding carboxylic acids is 1. The number of carbonyl (C=O) groups is 1. The summed E-state index contributed by atoms with van der Waals surface area (Å²) >= 11 is 5.62. The third-order valence-electron chi connectivity index (χ3n) is 3.70. The highest BCUT2D eigenvalue weighted by Crippen LogP contribution is 2.38. The maximum atomic E-state index is 12.2. The summed E-state index contributed by atoms with van der Waals surface area (Å²) in [4.78, 5) is 14.1. The number of alkyl halides is 1. The molecule has 16 heavy (non-hydrogen) atoms. The van der Waals surface area contributed by atoms with Crippen molar-refractivity contribution in [1.82, 2.24) is 4.90 Å². The summed E-state index contributed by atoms with van der Waals surface area (Å²) in [5.74, 6) is 1.07. The van der Waals surface area contributed by atoms with Crippen LogP contribution in [0.1, 0.15) is 51.9 Å². The minimum absolute atomic E-state index is 0.0682.